The summed E-state index contributed by atoms with van der Waals surface area (Å²) >= 11 is 0. The summed E-state index contributed by atoms with van der Waals surface area (Å²) in [7, 11) is 0. The summed E-state index contributed by atoms with van der Waals surface area (Å²) in [6.07, 6.45) is 3.83. The average Bonchev–Trinajstić information content (AvgIpc) is 3.99. The maximum atomic E-state index is 4.64. The Kier molecular flexibility index (Phi) is 12.9. The van der Waals surface area contributed by atoms with Crippen molar-refractivity contribution in [2.24, 2.45) is 0 Å². The molecule has 9 rings (SSSR count). The standard InChI is InChI=1S/C40H31N3.C12H16N4.Pt/c1-6-16-32(17-7-1)39(33-18-8-2-9-19-33)43-30-38(41-42-43)31-26-28-37(29-27-31)40(34-20-10-3-11-21-34,35-22-12-4-13-23-35)36-24-14-5-15-25-36;1-8-5-6-13-9(7-8)10-14-11(16-15-10)12(2,3)4;/h1-30,39H;5-7H,1-4H3,(H,14,15,16);/q;;+2. The van der Waals surface area contributed by atoms with Crippen molar-refractivity contribution in [2.45, 2.75) is 44.6 Å². The summed E-state index contributed by atoms with van der Waals surface area (Å²) in [5, 5.41) is 16.4. The van der Waals surface area contributed by atoms with Gasteiger partial charge in [0.05, 0.1) is 11.6 Å². The van der Waals surface area contributed by atoms with Gasteiger partial charge < -0.3 is 0 Å². The predicted octanol–water partition coefficient (Wildman–Crippen LogP) is 11.4. The molecule has 3 heterocycles. The number of hydrogen-bond acceptors (Lipinski definition) is 5. The molecule has 0 aliphatic carbocycles. The molecule has 1 N–H and O–H groups in total. The van der Waals surface area contributed by atoms with Crippen LogP contribution in [0.3, 0.4) is 0 Å². The molecule has 0 aliphatic rings. The van der Waals surface area contributed by atoms with E-state index in [1.807, 2.05) is 35.9 Å². The predicted molar refractivity (Wildman–Crippen MR) is 237 cm³/mol. The minimum Gasteiger partial charge on any atom is -0.262 e. The van der Waals surface area contributed by atoms with Crippen LogP contribution in [0.1, 0.15) is 71.6 Å². The Morgan fingerprint density at radius 3 is 1.47 bits per heavy atom. The monoisotopic (exact) mass is 964 g/mol. The molecule has 298 valence electrons. The first-order valence-electron chi connectivity index (χ1n) is 20.0. The van der Waals surface area contributed by atoms with Crippen molar-refractivity contribution < 1.29 is 21.1 Å². The SMILES string of the molecule is Cc1ccnc(-c2n[nH]c(C(C)(C)C)n2)c1.[Pt+2].c1ccc(C(c2ccccc2)n2cc(-c3ccc(C(c4ccccc4)(c4ccccc4)c4ccccc4)cc3)nn2)cc1. The van der Waals surface area contributed by atoms with Gasteiger partial charge in [-0.05, 0) is 58.0 Å². The van der Waals surface area contributed by atoms with Crippen LogP contribution in [0.5, 0.6) is 0 Å². The fraction of sp³-hybridized carbons (Fsp3) is 0.135. The molecule has 6 aromatic carbocycles. The van der Waals surface area contributed by atoms with Crippen LogP contribution in [0.4, 0.5) is 0 Å². The van der Waals surface area contributed by atoms with Crippen LogP contribution < -0.4 is 0 Å². The maximum absolute atomic E-state index is 4.64. The zero-order valence-corrected chi connectivity index (χ0v) is 36.4. The second-order valence-corrected chi connectivity index (χ2v) is 15.7. The summed E-state index contributed by atoms with van der Waals surface area (Å²) in [6.45, 7) is 8.32. The van der Waals surface area contributed by atoms with Crippen LogP contribution >= 0.6 is 0 Å². The first kappa shape index (κ1) is 41.6. The quantitative estimate of drug-likeness (QED) is 0.146. The van der Waals surface area contributed by atoms with Gasteiger partial charge in [-0.15, -0.1) is 5.10 Å². The third-order valence-corrected chi connectivity index (χ3v) is 10.6. The van der Waals surface area contributed by atoms with Gasteiger partial charge in [0.25, 0.3) is 0 Å². The molecule has 0 aliphatic heterocycles. The van der Waals surface area contributed by atoms with Crippen molar-refractivity contribution >= 4 is 0 Å². The van der Waals surface area contributed by atoms with Crippen molar-refractivity contribution in [1.29, 1.82) is 0 Å². The normalized spacial score (nSPS) is 11.3. The van der Waals surface area contributed by atoms with Crippen molar-refractivity contribution in [3.05, 3.63) is 245 Å². The Labute approximate surface area is 366 Å². The molecular formula is C52H47N7Pt+2. The number of rotatable bonds is 9. The van der Waals surface area contributed by atoms with Gasteiger partial charge >= 0.3 is 21.1 Å². The van der Waals surface area contributed by atoms with E-state index in [-0.39, 0.29) is 32.5 Å². The molecular weight excluding hydrogens is 918 g/mol. The van der Waals surface area contributed by atoms with Crippen LogP contribution in [0.2, 0.25) is 0 Å². The molecule has 9 aromatic rings. The van der Waals surface area contributed by atoms with Crippen LogP contribution in [-0.2, 0) is 31.9 Å². The molecule has 0 fully saturated rings. The maximum Gasteiger partial charge on any atom is 2.00 e. The minimum atomic E-state index is -0.481. The smallest absolute Gasteiger partial charge is 0.262 e. The molecule has 8 heteroatoms. The molecule has 0 atom stereocenters. The summed E-state index contributed by atoms with van der Waals surface area (Å²) in [4.78, 5) is 8.72. The van der Waals surface area contributed by atoms with Crippen molar-refractivity contribution in [2.75, 3.05) is 0 Å². The van der Waals surface area contributed by atoms with Gasteiger partial charge in [-0.1, -0.05) is 202 Å². The third-order valence-electron chi connectivity index (χ3n) is 10.6. The van der Waals surface area contributed by atoms with Crippen molar-refractivity contribution in [1.82, 2.24) is 35.2 Å². The van der Waals surface area contributed by atoms with Gasteiger partial charge in [0.15, 0.2) is 5.82 Å². The van der Waals surface area contributed by atoms with Crippen LogP contribution in [-0.4, -0.2) is 35.2 Å². The first-order valence-corrected chi connectivity index (χ1v) is 20.0. The molecule has 60 heavy (non-hydrogen) atoms. The zero-order valence-electron chi connectivity index (χ0n) is 34.1. The van der Waals surface area contributed by atoms with Crippen LogP contribution in [0, 0.1) is 6.92 Å². The van der Waals surface area contributed by atoms with E-state index in [1.54, 1.807) is 6.20 Å². The fourth-order valence-electron chi connectivity index (χ4n) is 7.63. The Morgan fingerprint density at radius 1 is 0.550 bits per heavy atom. The molecule has 0 amide bonds. The number of aryl methyl sites for hydroxylation is 1. The Balaban J connectivity index is 0.000000270. The van der Waals surface area contributed by atoms with Gasteiger partial charge in [0.2, 0.25) is 0 Å². The second-order valence-electron chi connectivity index (χ2n) is 15.7. The number of H-pyrrole nitrogens is 1. The number of nitrogens with zero attached hydrogens (tertiary/aromatic N) is 6. The molecule has 0 saturated carbocycles. The Hall–Kier alpha value is -6.56. The van der Waals surface area contributed by atoms with E-state index in [0.29, 0.717) is 5.82 Å². The van der Waals surface area contributed by atoms with Crippen LogP contribution in [0.15, 0.2) is 200 Å². The molecule has 0 bridgehead atoms. The van der Waals surface area contributed by atoms with Gasteiger partial charge in [-0.3, -0.25) is 10.1 Å². The second kappa shape index (κ2) is 18.6. The number of benzene rings is 6. The van der Waals surface area contributed by atoms with E-state index in [0.717, 1.165) is 28.3 Å². The third kappa shape index (κ3) is 8.87. The fourth-order valence-corrected chi connectivity index (χ4v) is 7.63. The molecule has 0 unspecified atom stereocenters. The number of aromatic nitrogens is 7. The van der Waals surface area contributed by atoms with Crippen LogP contribution in [0.25, 0.3) is 22.8 Å². The number of pyridine rings is 1. The van der Waals surface area contributed by atoms with Gasteiger partial charge in [-0.25, -0.2) is 9.67 Å². The van der Waals surface area contributed by atoms with Gasteiger partial charge in [0, 0.05) is 17.2 Å². The van der Waals surface area contributed by atoms with E-state index in [4.69, 9.17) is 0 Å². The van der Waals surface area contributed by atoms with E-state index < -0.39 is 5.41 Å². The summed E-state index contributed by atoms with van der Waals surface area (Å²) in [5.41, 5.74) is 10.5. The summed E-state index contributed by atoms with van der Waals surface area (Å²) < 4.78 is 1.97. The van der Waals surface area contributed by atoms with Crippen molar-refractivity contribution in [3.63, 3.8) is 0 Å². The number of hydrogen-bond donors (Lipinski definition) is 1. The molecule has 0 radical (unpaired) electrons. The minimum absolute atomic E-state index is 0. The molecule has 7 nitrogen and oxygen atoms in total. The van der Waals surface area contributed by atoms with E-state index in [2.05, 4.69) is 221 Å². The molecule has 0 saturated heterocycles. The van der Waals surface area contributed by atoms with Crippen molar-refractivity contribution in [3.8, 4) is 22.8 Å². The van der Waals surface area contributed by atoms with E-state index in [1.165, 1.54) is 33.4 Å². The van der Waals surface area contributed by atoms with E-state index in [9.17, 15) is 0 Å². The summed E-state index contributed by atoms with van der Waals surface area (Å²) in [5.74, 6) is 1.54. The topological polar surface area (TPSA) is 85.2 Å². The molecule has 0 spiro atoms. The molecule has 3 aromatic heterocycles. The Morgan fingerprint density at radius 2 is 1.02 bits per heavy atom. The van der Waals surface area contributed by atoms with Gasteiger partial charge in [0.1, 0.15) is 23.3 Å². The Bertz CT molecular complexity index is 2560. The average molecular weight is 965 g/mol. The van der Waals surface area contributed by atoms with Gasteiger partial charge in [-0.2, -0.15) is 5.10 Å². The summed E-state index contributed by atoms with van der Waals surface area (Å²) in [6, 6.07) is 66.0. The van der Waals surface area contributed by atoms with E-state index >= 15 is 0 Å². The number of nitrogens with one attached hydrogen (secondary N) is 1. The zero-order chi connectivity index (χ0) is 40.7. The largest absolute Gasteiger partial charge is 2.00 e. The number of aromatic amines is 1. The first-order chi connectivity index (χ1) is 28.8.